The molecule has 0 aliphatic heterocycles. The molecule has 1 aliphatic rings. The van der Waals surface area contributed by atoms with Gasteiger partial charge in [0.1, 0.15) is 0 Å². The SMILES string of the molecule is O=C(O)CCCCCC[C@@H]1C(CCC(O)c2ccccc2)[C@H](O)C[C@@H]1O. The number of carboxylic acids is 1. The van der Waals surface area contributed by atoms with E-state index in [4.69, 9.17) is 5.11 Å². The van der Waals surface area contributed by atoms with Crippen molar-refractivity contribution in [1.82, 2.24) is 0 Å². The maximum Gasteiger partial charge on any atom is 0.303 e. The van der Waals surface area contributed by atoms with E-state index in [0.29, 0.717) is 25.7 Å². The first-order chi connectivity index (χ1) is 12.5. The van der Waals surface area contributed by atoms with E-state index in [1.807, 2.05) is 30.3 Å². The predicted molar refractivity (Wildman–Crippen MR) is 99.6 cm³/mol. The van der Waals surface area contributed by atoms with Gasteiger partial charge >= 0.3 is 5.97 Å². The third-order valence-corrected chi connectivity index (χ3v) is 5.66. The van der Waals surface area contributed by atoms with Crippen LogP contribution in [0.1, 0.15) is 69.5 Å². The summed E-state index contributed by atoms with van der Waals surface area (Å²) >= 11 is 0. The molecule has 0 aromatic heterocycles. The third-order valence-electron chi connectivity index (χ3n) is 5.66. The summed E-state index contributed by atoms with van der Waals surface area (Å²) in [5, 5.41) is 39.6. The second-order valence-electron chi connectivity index (χ2n) is 7.55. The van der Waals surface area contributed by atoms with Crippen molar-refractivity contribution in [3.05, 3.63) is 35.9 Å². The van der Waals surface area contributed by atoms with Gasteiger partial charge < -0.3 is 20.4 Å². The van der Waals surface area contributed by atoms with Crippen molar-refractivity contribution in [2.45, 2.75) is 76.1 Å². The number of rotatable bonds is 11. The fourth-order valence-electron chi connectivity index (χ4n) is 4.18. The maximum absolute atomic E-state index is 10.5. The molecule has 5 atom stereocenters. The van der Waals surface area contributed by atoms with Gasteiger partial charge in [0.15, 0.2) is 0 Å². The number of benzene rings is 1. The number of aliphatic hydroxyl groups is 3. The molecule has 26 heavy (non-hydrogen) atoms. The summed E-state index contributed by atoms with van der Waals surface area (Å²) in [6.45, 7) is 0. The maximum atomic E-state index is 10.5. The van der Waals surface area contributed by atoms with Crippen LogP contribution in [0.25, 0.3) is 0 Å². The first kappa shape index (κ1) is 20.9. The highest BCUT2D eigenvalue weighted by Crippen LogP contribution is 2.40. The molecule has 0 spiro atoms. The van der Waals surface area contributed by atoms with Crippen LogP contribution in [0.2, 0.25) is 0 Å². The number of aliphatic hydroxyl groups excluding tert-OH is 3. The third kappa shape index (κ3) is 6.38. The topological polar surface area (TPSA) is 98.0 Å². The highest BCUT2D eigenvalue weighted by Gasteiger charge is 2.40. The van der Waals surface area contributed by atoms with Crippen LogP contribution in [0, 0.1) is 11.8 Å². The van der Waals surface area contributed by atoms with Gasteiger partial charge in [-0.05, 0) is 49.5 Å². The largest absolute Gasteiger partial charge is 0.481 e. The minimum Gasteiger partial charge on any atom is -0.481 e. The van der Waals surface area contributed by atoms with Crippen LogP contribution in [0.15, 0.2) is 30.3 Å². The Morgan fingerprint density at radius 1 is 0.962 bits per heavy atom. The average molecular weight is 364 g/mol. The number of carbonyl (C=O) groups is 1. The quantitative estimate of drug-likeness (QED) is 0.452. The molecule has 1 fully saturated rings. The zero-order valence-corrected chi connectivity index (χ0v) is 15.3. The van der Waals surface area contributed by atoms with Crippen molar-refractivity contribution in [2.24, 2.45) is 11.8 Å². The lowest BCUT2D eigenvalue weighted by Crippen LogP contribution is -2.23. The molecule has 0 radical (unpaired) electrons. The highest BCUT2D eigenvalue weighted by molar-refractivity contribution is 5.66. The lowest BCUT2D eigenvalue weighted by Gasteiger charge is -2.24. The molecule has 1 aromatic carbocycles. The number of carboxylic acid groups (broad SMARTS) is 1. The van der Waals surface area contributed by atoms with Gasteiger partial charge in [-0.1, -0.05) is 49.6 Å². The van der Waals surface area contributed by atoms with Gasteiger partial charge in [0.2, 0.25) is 0 Å². The minimum absolute atomic E-state index is 0.0161. The number of aliphatic carboxylic acids is 1. The number of unbranched alkanes of at least 4 members (excludes halogenated alkanes) is 3. The fraction of sp³-hybridized carbons (Fsp3) is 0.667. The molecular weight excluding hydrogens is 332 g/mol. The van der Waals surface area contributed by atoms with Crippen molar-refractivity contribution in [3.63, 3.8) is 0 Å². The van der Waals surface area contributed by atoms with Crippen molar-refractivity contribution in [1.29, 1.82) is 0 Å². The Labute approximate surface area is 155 Å². The van der Waals surface area contributed by atoms with Crippen LogP contribution >= 0.6 is 0 Å². The van der Waals surface area contributed by atoms with E-state index in [9.17, 15) is 20.1 Å². The van der Waals surface area contributed by atoms with Gasteiger partial charge in [0.25, 0.3) is 0 Å². The Balaban J connectivity index is 1.76. The molecule has 0 saturated heterocycles. The average Bonchev–Trinajstić information content (AvgIpc) is 2.89. The van der Waals surface area contributed by atoms with Crippen molar-refractivity contribution < 1.29 is 25.2 Å². The summed E-state index contributed by atoms with van der Waals surface area (Å²) in [7, 11) is 0. The van der Waals surface area contributed by atoms with Crippen LogP contribution in [-0.4, -0.2) is 38.6 Å². The summed E-state index contributed by atoms with van der Waals surface area (Å²) in [5.41, 5.74) is 0.885. The Morgan fingerprint density at radius 3 is 2.23 bits per heavy atom. The van der Waals surface area contributed by atoms with Crippen LogP contribution < -0.4 is 0 Å². The van der Waals surface area contributed by atoms with Crippen LogP contribution in [-0.2, 0) is 4.79 Å². The van der Waals surface area contributed by atoms with Gasteiger partial charge in [-0.2, -0.15) is 0 Å². The molecule has 0 amide bonds. The number of hydrogen-bond donors (Lipinski definition) is 4. The molecule has 1 saturated carbocycles. The molecule has 4 N–H and O–H groups in total. The molecule has 1 aliphatic carbocycles. The summed E-state index contributed by atoms with van der Waals surface area (Å²) in [5.74, 6) is -0.675. The fourth-order valence-corrected chi connectivity index (χ4v) is 4.18. The van der Waals surface area contributed by atoms with E-state index in [0.717, 1.165) is 31.2 Å². The smallest absolute Gasteiger partial charge is 0.303 e. The second kappa shape index (κ2) is 10.7. The summed E-state index contributed by atoms with van der Waals surface area (Å²) < 4.78 is 0. The first-order valence-electron chi connectivity index (χ1n) is 9.80. The molecular formula is C21H32O5. The molecule has 5 nitrogen and oxygen atoms in total. The molecule has 0 bridgehead atoms. The number of hydrogen-bond acceptors (Lipinski definition) is 4. The normalized spacial score (nSPS) is 26.7. The summed E-state index contributed by atoms with van der Waals surface area (Å²) in [4.78, 5) is 10.5. The van der Waals surface area contributed by atoms with Gasteiger partial charge in [-0.3, -0.25) is 4.79 Å². The highest BCUT2D eigenvalue weighted by atomic mass is 16.4. The van der Waals surface area contributed by atoms with Gasteiger partial charge in [0, 0.05) is 6.42 Å². The Kier molecular flexibility index (Phi) is 8.55. The van der Waals surface area contributed by atoms with Crippen molar-refractivity contribution >= 4 is 5.97 Å². The van der Waals surface area contributed by atoms with Crippen LogP contribution in [0.5, 0.6) is 0 Å². The van der Waals surface area contributed by atoms with Crippen molar-refractivity contribution in [3.8, 4) is 0 Å². The Morgan fingerprint density at radius 2 is 1.58 bits per heavy atom. The van der Waals surface area contributed by atoms with Crippen molar-refractivity contribution in [2.75, 3.05) is 0 Å². The monoisotopic (exact) mass is 364 g/mol. The minimum atomic E-state index is -0.753. The lowest BCUT2D eigenvalue weighted by atomic mass is 9.84. The molecule has 1 aromatic rings. The second-order valence-corrected chi connectivity index (χ2v) is 7.55. The lowest BCUT2D eigenvalue weighted by molar-refractivity contribution is -0.137. The molecule has 0 heterocycles. The van der Waals surface area contributed by atoms with Crippen LogP contribution in [0.3, 0.4) is 0 Å². The standard InChI is InChI=1S/C21H32O5/c22-18(15-8-4-3-5-9-15)13-12-17-16(19(23)14-20(17)24)10-6-1-2-7-11-21(25)26/h3-5,8-9,16-20,22-24H,1-2,6-7,10-14H2,(H,25,26)/t16-,17?,18?,19+,20-/m1/s1. The Bertz CT molecular complexity index is 532. The van der Waals surface area contributed by atoms with E-state index in [1.54, 1.807) is 0 Å². The summed E-state index contributed by atoms with van der Waals surface area (Å²) in [6, 6.07) is 9.53. The first-order valence-corrected chi connectivity index (χ1v) is 9.80. The zero-order chi connectivity index (χ0) is 18.9. The van der Waals surface area contributed by atoms with E-state index in [2.05, 4.69) is 0 Å². The van der Waals surface area contributed by atoms with E-state index >= 15 is 0 Å². The molecule has 146 valence electrons. The van der Waals surface area contributed by atoms with Crippen LogP contribution in [0.4, 0.5) is 0 Å². The van der Waals surface area contributed by atoms with Gasteiger partial charge in [-0.15, -0.1) is 0 Å². The Hall–Kier alpha value is -1.43. The van der Waals surface area contributed by atoms with Gasteiger partial charge in [0.05, 0.1) is 18.3 Å². The van der Waals surface area contributed by atoms with Gasteiger partial charge in [-0.25, -0.2) is 0 Å². The summed E-state index contributed by atoms with van der Waals surface area (Å²) in [6.07, 6.45) is 4.67. The predicted octanol–water partition coefficient (Wildman–Crippen LogP) is 3.28. The molecule has 2 rings (SSSR count). The van der Waals surface area contributed by atoms with E-state index in [1.165, 1.54) is 0 Å². The molecule has 2 unspecified atom stereocenters. The van der Waals surface area contributed by atoms with E-state index < -0.39 is 24.3 Å². The van der Waals surface area contributed by atoms with E-state index in [-0.39, 0.29) is 18.3 Å². The zero-order valence-electron chi connectivity index (χ0n) is 15.3. The molecule has 5 heteroatoms.